The van der Waals surface area contributed by atoms with Gasteiger partial charge in [0, 0.05) is 6.20 Å². The first-order valence-electron chi connectivity index (χ1n) is 7.54. The highest BCUT2D eigenvalue weighted by Crippen LogP contribution is 2.42. The van der Waals surface area contributed by atoms with Crippen LogP contribution in [0.2, 0.25) is 0 Å². The van der Waals surface area contributed by atoms with E-state index in [1.165, 1.54) is 12.4 Å². The van der Waals surface area contributed by atoms with Gasteiger partial charge in [0.1, 0.15) is 18.6 Å². The second-order valence-corrected chi connectivity index (χ2v) is 6.19. The van der Waals surface area contributed by atoms with Gasteiger partial charge in [0.2, 0.25) is 5.91 Å². The van der Waals surface area contributed by atoms with E-state index in [2.05, 4.69) is 15.7 Å². The standard InChI is InChI=1S/C14H17F2N5O3/c1-14(8-2-3-8)12(23)21(13(24)19-14)7-11(22)18-9-4-17-20(5-9)6-10(15)16/h4-5,8,10H,2-3,6-7H2,1H3,(H,18,22)(H,19,24). The highest BCUT2D eigenvalue weighted by molar-refractivity contribution is 6.10. The second kappa shape index (κ2) is 5.84. The molecule has 4 amide bonds. The van der Waals surface area contributed by atoms with Crippen LogP contribution < -0.4 is 10.6 Å². The molecule has 24 heavy (non-hydrogen) atoms. The largest absolute Gasteiger partial charge is 0.325 e. The minimum atomic E-state index is -2.56. The highest BCUT2D eigenvalue weighted by atomic mass is 19.3. The van der Waals surface area contributed by atoms with Crippen LogP contribution in [-0.2, 0) is 16.1 Å². The number of imide groups is 1. The van der Waals surface area contributed by atoms with E-state index in [9.17, 15) is 23.2 Å². The molecule has 1 saturated carbocycles. The van der Waals surface area contributed by atoms with E-state index in [4.69, 9.17) is 0 Å². The predicted molar refractivity (Wildman–Crippen MR) is 78.2 cm³/mol. The van der Waals surface area contributed by atoms with Crippen LogP contribution in [0.3, 0.4) is 0 Å². The van der Waals surface area contributed by atoms with E-state index in [1.54, 1.807) is 6.92 Å². The number of carbonyl (C=O) groups excluding carboxylic acids is 3. The molecule has 1 aromatic rings. The number of amides is 4. The first kappa shape index (κ1) is 16.3. The van der Waals surface area contributed by atoms with Crippen LogP contribution >= 0.6 is 0 Å². The summed E-state index contributed by atoms with van der Waals surface area (Å²) in [4.78, 5) is 37.2. The van der Waals surface area contributed by atoms with E-state index in [0.717, 1.165) is 22.4 Å². The van der Waals surface area contributed by atoms with Gasteiger partial charge in [-0.1, -0.05) is 0 Å². The summed E-state index contributed by atoms with van der Waals surface area (Å²) in [6.07, 6.45) is 1.65. The van der Waals surface area contributed by atoms with Gasteiger partial charge in [0.15, 0.2) is 0 Å². The van der Waals surface area contributed by atoms with Gasteiger partial charge in [0.05, 0.1) is 11.9 Å². The first-order valence-corrected chi connectivity index (χ1v) is 7.54. The highest BCUT2D eigenvalue weighted by Gasteiger charge is 2.56. The molecule has 1 saturated heterocycles. The summed E-state index contributed by atoms with van der Waals surface area (Å²) in [6.45, 7) is 0.646. The Morgan fingerprint density at radius 1 is 1.50 bits per heavy atom. The first-order chi connectivity index (χ1) is 11.3. The molecule has 2 fully saturated rings. The summed E-state index contributed by atoms with van der Waals surface area (Å²) in [7, 11) is 0. The quantitative estimate of drug-likeness (QED) is 0.748. The minimum absolute atomic E-state index is 0.106. The third-order valence-corrected chi connectivity index (χ3v) is 4.24. The SMILES string of the molecule is CC1(C2CC2)NC(=O)N(CC(=O)Nc2cnn(CC(F)F)c2)C1=O. The third kappa shape index (κ3) is 3.08. The van der Waals surface area contributed by atoms with Crippen LogP contribution in [0.4, 0.5) is 19.3 Å². The van der Waals surface area contributed by atoms with Crippen molar-refractivity contribution in [3.8, 4) is 0 Å². The lowest BCUT2D eigenvalue weighted by atomic mass is 9.96. The lowest BCUT2D eigenvalue weighted by Crippen LogP contribution is -2.46. The van der Waals surface area contributed by atoms with Gasteiger partial charge < -0.3 is 10.6 Å². The van der Waals surface area contributed by atoms with Gasteiger partial charge in [0.25, 0.3) is 12.3 Å². The molecule has 1 aliphatic heterocycles. The Morgan fingerprint density at radius 3 is 2.83 bits per heavy atom. The molecule has 0 spiro atoms. The Labute approximate surface area is 136 Å². The molecule has 1 atom stereocenters. The Kier molecular flexibility index (Phi) is 3.98. The van der Waals surface area contributed by atoms with E-state index in [-0.39, 0.29) is 11.6 Å². The van der Waals surface area contributed by atoms with Crippen LogP contribution in [0.25, 0.3) is 0 Å². The van der Waals surface area contributed by atoms with Crippen molar-refractivity contribution < 1.29 is 23.2 Å². The maximum atomic E-state index is 12.4. The van der Waals surface area contributed by atoms with E-state index in [1.807, 2.05) is 0 Å². The topological polar surface area (TPSA) is 96.3 Å². The maximum Gasteiger partial charge on any atom is 0.325 e. The normalized spacial score (nSPS) is 23.8. The van der Waals surface area contributed by atoms with Crippen molar-refractivity contribution in [1.29, 1.82) is 0 Å². The second-order valence-electron chi connectivity index (χ2n) is 6.19. The zero-order chi connectivity index (χ0) is 17.5. The Balaban J connectivity index is 1.59. The van der Waals surface area contributed by atoms with E-state index < -0.39 is 42.9 Å². The summed E-state index contributed by atoms with van der Waals surface area (Å²) in [5, 5.41) is 8.77. The van der Waals surface area contributed by atoms with Crippen LogP contribution in [0.15, 0.2) is 12.4 Å². The number of rotatable bonds is 6. The van der Waals surface area contributed by atoms with Gasteiger partial charge in [-0.15, -0.1) is 0 Å². The number of aromatic nitrogens is 2. The fraction of sp³-hybridized carbons (Fsp3) is 0.571. The number of alkyl halides is 2. The summed E-state index contributed by atoms with van der Waals surface area (Å²) < 4.78 is 25.5. The molecule has 130 valence electrons. The zero-order valence-corrected chi connectivity index (χ0v) is 13.0. The molecule has 3 rings (SSSR count). The molecule has 0 aromatic carbocycles. The Morgan fingerprint density at radius 2 is 2.21 bits per heavy atom. The van der Waals surface area contributed by atoms with Gasteiger partial charge in [-0.25, -0.2) is 13.6 Å². The molecule has 1 aliphatic carbocycles. The number of hydrogen-bond donors (Lipinski definition) is 2. The Hall–Kier alpha value is -2.52. The minimum Gasteiger partial charge on any atom is -0.323 e. The number of nitrogens with zero attached hydrogens (tertiary/aromatic N) is 3. The van der Waals surface area contributed by atoms with Crippen molar-refractivity contribution in [2.45, 2.75) is 38.3 Å². The van der Waals surface area contributed by atoms with Crippen molar-refractivity contribution in [3.05, 3.63) is 12.4 Å². The molecule has 8 nitrogen and oxygen atoms in total. The number of carbonyl (C=O) groups is 3. The third-order valence-electron chi connectivity index (χ3n) is 4.24. The van der Waals surface area contributed by atoms with Crippen LogP contribution in [0, 0.1) is 5.92 Å². The maximum absolute atomic E-state index is 12.4. The summed E-state index contributed by atoms with van der Waals surface area (Å²) in [5.74, 6) is -0.914. The zero-order valence-electron chi connectivity index (χ0n) is 13.0. The average Bonchev–Trinajstić information content (AvgIpc) is 3.23. The molecule has 0 radical (unpaired) electrons. The summed E-state index contributed by atoms with van der Waals surface area (Å²) in [6, 6.07) is -0.599. The lowest BCUT2D eigenvalue weighted by molar-refractivity contribution is -0.134. The summed E-state index contributed by atoms with van der Waals surface area (Å²) in [5.41, 5.74) is -0.725. The molecule has 2 aliphatic rings. The smallest absolute Gasteiger partial charge is 0.323 e. The van der Waals surface area contributed by atoms with Crippen LogP contribution in [-0.4, -0.2) is 51.0 Å². The van der Waals surface area contributed by atoms with E-state index in [0.29, 0.717) is 0 Å². The molecular formula is C14H17F2N5O3. The average molecular weight is 341 g/mol. The molecule has 0 bridgehead atoms. The van der Waals surface area contributed by atoms with Crippen molar-refractivity contribution in [3.63, 3.8) is 0 Å². The summed E-state index contributed by atoms with van der Waals surface area (Å²) >= 11 is 0. The molecule has 10 heteroatoms. The Bertz CT molecular complexity index is 688. The van der Waals surface area contributed by atoms with Crippen LogP contribution in [0.5, 0.6) is 0 Å². The monoisotopic (exact) mass is 341 g/mol. The number of anilines is 1. The van der Waals surface area contributed by atoms with Gasteiger partial charge in [-0.3, -0.25) is 19.2 Å². The van der Waals surface area contributed by atoms with Crippen molar-refractivity contribution >= 4 is 23.5 Å². The van der Waals surface area contributed by atoms with Gasteiger partial charge >= 0.3 is 6.03 Å². The number of nitrogens with one attached hydrogen (secondary N) is 2. The molecular weight excluding hydrogens is 324 g/mol. The molecule has 2 heterocycles. The predicted octanol–water partition coefficient (Wildman–Crippen LogP) is 0.807. The van der Waals surface area contributed by atoms with Crippen LogP contribution in [0.1, 0.15) is 19.8 Å². The lowest BCUT2D eigenvalue weighted by Gasteiger charge is -2.20. The van der Waals surface area contributed by atoms with Crippen molar-refractivity contribution in [2.75, 3.05) is 11.9 Å². The number of hydrogen-bond acceptors (Lipinski definition) is 4. The van der Waals surface area contributed by atoms with Gasteiger partial charge in [-0.2, -0.15) is 5.10 Å². The fourth-order valence-corrected chi connectivity index (χ4v) is 2.81. The van der Waals surface area contributed by atoms with Crippen molar-refractivity contribution in [1.82, 2.24) is 20.0 Å². The van der Waals surface area contributed by atoms with Gasteiger partial charge in [-0.05, 0) is 25.7 Å². The number of halogens is 2. The molecule has 1 aromatic heterocycles. The van der Waals surface area contributed by atoms with E-state index >= 15 is 0 Å². The molecule has 2 N–H and O–H groups in total. The number of urea groups is 1. The fourth-order valence-electron chi connectivity index (χ4n) is 2.81. The van der Waals surface area contributed by atoms with Crippen molar-refractivity contribution in [2.24, 2.45) is 5.92 Å². The molecule has 1 unspecified atom stereocenters.